The molecule has 0 unspecified atom stereocenters. The maximum absolute atomic E-state index is 9.30. The molecule has 3 nitrogen and oxygen atoms in total. The Labute approximate surface area is 66.3 Å². The van der Waals surface area contributed by atoms with E-state index in [1.54, 1.807) is 12.2 Å². The minimum Gasteiger partial charge on any atom is -0.396 e. The highest BCUT2D eigenvalue weighted by Gasteiger charge is 2.18. The van der Waals surface area contributed by atoms with Crippen molar-refractivity contribution >= 4 is 0 Å². The first-order valence-electron chi connectivity index (χ1n) is 3.92. The van der Waals surface area contributed by atoms with E-state index in [2.05, 4.69) is 0 Å². The van der Waals surface area contributed by atoms with Gasteiger partial charge in [0.15, 0.2) is 0 Å². The van der Waals surface area contributed by atoms with Crippen LogP contribution in [-0.2, 0) is 4.74 Å². The van der Waals surface area contributed by atoms with E-state index in [4.69, 9.17) is 9.84 Å². The molecule has 0 amide bonds. The smallest absolute Gasteiger partial charge is 0.0983 e. The molecule has 0 bridgehead atoms. The molecule has 0 aliphatic carbocycles. The summed E-state index contributed by atoms with van der Waals surface area (Å²) in [5, 5.41) is 17.8. The van der Waals surface area contributed by atoms with E-state index in [-0.39, 0.29) is 12.7 Å². The van der Waals surface area contributed by atoms with Gasteiger partial charge in [-0.15, -0.1) is 0 Å². The molecule has 3 heteroatoms. The molecule has 0 radical (unpaired) electrons. The largest absolute Gasteiger partial charge is 0.396 e. The van der Waals surface area contributed by atoms with Gasteiger partial charge in [0.2, 0.25) is 0 Å². The van der Waals surface area contributed by atoms with Crippen molar-refractivity contribution in [2.75, 3.05) is 13.2 Å². The average Bonchev–Trinajstić information content (AvgIpc) is 2.03. The monoisotopic (exact) mass is 158 g/mol. The molecule has 11 heavy (non-hydrogen) atoms. The van der Waals surface area contributed by atoms with Gasteiger partial charge in [0, 0.05) is 6.61 Å². The van der Waals surface area contributed by atoms with Crippen molar-refractivity contribution in [2.24, 2.45) is 0 Å². The third-order valence-corrected chi connectivity index (χ3v) is 1.77. The lowest BCUT2D eigenvalue weighted by atomic mass is 10.1. The Balaban J connectivity index is 2.27. The van der Waals surface area contributed by atoms with E-state index in [0.717, 1.165) is 6.42 Å². The van der Waals surface area contributed by atoms with Crippen molar-refractivity contribution < 1.29 is 14.9 Å². The maximum Gasteiger partial charge on any atom is 0.0983 e. The Morgan fingerprint density at radius 3 is 3.00 bits per heavy atom. The molecule has 2 atom stereocenters. The predicted octanol–water partition coefficient (Wildman–Crippen LogP) is 0.0748. The standard InChI is InChI=1S/C8H14O3/c9-5-1-4-8-7(10)3-2-6-11-8/h2-3,7-10H,1,4-6H2/t7-,8-/m1/s1. The molecule has 2 N–H and O–H groups in total. The summed E-state index contributed by atoms with van der Waals surface area (Å²) in [6.45, 7) is 0.740. The second-order valence-electron chi connectivity index (χ2n) is 2.66. The summed E-state index contributed by atoms with van der Waals surface area (Å²) >= 11 is 0. The third-order valence-electron chi connectivity index (χ3n) is 1.77. The molecule has 0 fully saturated rings. The van der Waals surface area contributed by atoms with Crippen LogP contribution in [0.5, 0.6) is 0 Å². The van der Waals surface area contributed by atoms with Crippen LogP contribution in [0.2, 0.25) is 0 Å². The summed E-state index contributed by atoms with van der Waals surface area (Å²) in [5.74, 6) is 0. The molecule has 0 saturated carbocycles. The van der Waals surface area contributed by atoms with E-state index in [1.165, 1.54) is 0 Å². The highest BCUT2D eigenvalue weighted by atomic mass is 16.5. The fourth-order valence-electron chi connectivity index (χ4n) is 1.14. The Morgan fingerprint density at radius 1 is 1.55 bits per heavy atom. The fourth-order valence-corrected chi connectivity index (χ4v) is 1.14. The first-order chi connectivity index (χ1) is 5.34. The lowest BCUT2D eigenvalue weighted by Crippen LogP contribution is -2.30. The van der Waals surface area contributed by atoms with Gasteiger partial charge in [-0.05, 0) is 12.8 Å². The number of aliphatic hydroxyl groups is 2. The molecule has 0 aromatic carbocycles. The Kier molecular flexibility index (Phi) is 3.56. The molecular weight excluding hydrogens is 144 g/mol. The molecule has 1 heterocycles. The van der Waals surface area contributed by atoms with Crippen LogP contribution in [0.25, 0.3) is 0 Å². The molecule has 0 saturated heterocycles. The normalized spacial score (nSPS) is 30.7. The summed E-state index contributed by atoms with van der Waals surface area (Å²) in [7, 11) is 0. The first-order valence-corrected chi connectivity index (χ1v) is 3.92. The molecule has 1 aliphatic rings. The van der Waals surface area contributed by atoms with Crippen molar-refractivity contribution in [1.29, 1.82) is 0 Å². The molecule has 1 aliphatic heterocycles. The summed E-state index contributed by atoms with van der Waals surface area (Å²) in [5.41, 5.74) is 0. The lowest BCUT2D eigenvalue weighted by molar-refractivity contribution is -0.0225. The van der Waals surface area contributed by atoms with Crippen molar-refractivity contribution in [1.82, 2.24) is 0 Å². The van der Waals surface area contributed by atoms with Crippen LogP contribution < -0.4 is 0 Å². The second-order valence-corrected chi connectivity index (χ2v) is 2.66. The average molecular weight is 158 g/mol. The molecule has 0 aromatic rings. The molecular formula is C8H14O3. The van der Waals surface area contributed by atoms with E-state index in [9.17, 15) is 5.11 Å². The van der Waals surface area contributed by atoms with Crippen molar-refractivity contribution in [3.63, 3.8) is 0 Å². The highest BCUT2D eigenvalue weighted by Crippen LogP contribution is 2.12. The fraction of sp³-hybridized carbons (Fsp3) is 0.750. The summed E-state index contributed by atoms with van der Waals surface area (Å²) < 4.78 is 5.24. The zero-order chi connectivity index (χ0) is 8.10. The van der Waals surface area contributed by atoms with E-state index >= 15 is 0 Å². The highest BCUT2D eigenvalue weighted by molar-refractivity contribution is 4.96. The van der Waals surface area contributed by atoms with Crippen LogP contribution in [0, 0.1) is 0 Å². The van der Waals surface area contributed by atoms with Gasteiger partial charge in [0.1, 0.15) is 0 Å². The number of hydrogen-bond acceptors (Lipinski definition) is 3. The maximum atomic E-state index is 9.30. The predicted molar refractivity (Wildman–Crippen MR) is 41.2 cm³/mol. The van der Waals surface area contributed by atoms with Crippen molar-refractivity contribution in [3.8, 4) is 0 Å². The van der Waals surface area contributed by atoms with Gasteiger partial charge in [-0.3, -0.25) is 0 Å². The zero-order valence-electron chi connectivity index (χ0n) is 6.44. The minimum absolute atomic E-state index is 0.118. The zero-order valence-corrected chi connectivity index (χ0v) is 6.44. The second kappa shape index (κ2) is 4.49. The van der Waals surface area contributed by atoms with Gasteiger partial charge in [0.05, 0.1) is 18.8 Å². The van der Waals surface area contributed by atoms with Gasteiger partial charge in [-0.25, -0.2) is 0 Å². The van der Waals surface area contributed by atoms with Crippen LogP contribution in [-0.4, -0.2) is 35.6 Å². The first kappa shape index (κ1) is 8.71. The van der Waals surface area contributed by atoms with E-state index in [0.29, 0.717) is 13.0 Å². The third kappa shape index (κ3) is 2.61. The molecule has 1 rings (SSSR count). The van der Waals surface area contributed by atoms with Gasteiger partial charge in [-0.1, -0.05) is 12.2 Å². The van der Waals surface area contributed by atoms with Gasteiger partial charge < -0.3 is 14.9 Å². The van der Waals surface area contributed by atoms with Crippen LogP contribution >= 0.6 is 0 Å². The quantitative estimate of drug-likeness (QED) is 0.572. The number of ether oxygens (including phenoxy) is 1. The Morgan fingerprint density at radius 2 is 2.36 bits per heavy atom. The summed E-state index contributed by atoms with van der Waals surface area (Å²) in [6.07, 6.45) is 4.35. The Hall–Kier alpha value is -0.380. The van der Waals surface area contributed by atoms with Gasteiger partial charge in [0.25, 0.3) is 0 Å². The summed E-state index contributed by atoms with van der Waals surface area (Å²) in [4.78, 5) is 0. The van der Waals surface area contributed by atoms with Crippen LogP contribution in [0.3, 0.4) is 0 Å². The van der Waals surface area contributed by atoms with Crippen LogP contribution in [0.4, 0.5) is 0 Å². The van der Waals surface area contributed by atoms with E-state index in [1.807, 2.05) is 0 Å². The molecule has 0 spiro atoms. The molecule has 64 valence electrons. The van der Waals surface area contributed by atoms with Crippen molar-refractivity contribution in [2.45, 2.75) is 25.0 Å². The summed E-state index contributed by atoms with van der Waals surface area (Å²) in [6, 6.07) is 0. The van der Waals surface area contributed by atoms with Gasteiger partial charge in [-0.2, -0.15) is 0 Å². The SMILES string of the molecule is OCCC[C@H]1OCC=C[C@H]1O. The Bertz CT molecular complexity index is 133. The molecule has 0 aromatic heterocycles. The van der Waals surface area contributed by atoms with Gasteiger partial charge >= 0.3 is 0 Å². The number of rotatable bonds is 3. The minimum atomic E-state index is -0.490. The lowest BCUT2D eigenvalue weighted by Gasteiger charge is -2.23. The van der Waals surface area contributed by atoms with Crippen LogP contribution in [0.1, 0.15) is 12.8 Å². The van der Waals surface area contributed by atoms with Crippen LogP contribution in [0.15, 0.2) is 12.2 Å². The van der Waals surface area contributed by atoms with E-state index < -0.39 is 6.10 Å². The topological polar surface area (TPSA) is 49.7 Å². The number of aliphatic hydroxyl groups excluding tert-OH is 2. The van der Waals surface area contributed by atoms with Crippen molar-refractivity contribution in [3.05, 3.63) is 12.2 Å². The number of hydrogen-bond donors (Lipinski definition) is 2.